The fraction of sp³-hybridized carbons (Fsp3) is 0.0588. The molecule has 9 heteroatoms. The number of amides is 1. The van der Waals surface area contributed by atoms with Crippen molar-refractivity contribution in [2.24, 2.45) is 0 Å². The molecule has 0 bridgehead atoms. The number of furan rings is 1. The molecule has 1 aliphatic rings. The van der Waals surface area contributed by atoms with Crippen molar-refractivity contribution in [2.45, 2.75) is 6.17 Å². The number of carbonyl (C=O) groups excluding carboxylic acids is 1. The molecule has 1 aliphatic heterocycles. The number of nitrogens with one attached hydrogen (secondary N) is 1. The molecule has 1 N–H and O–H groups in total. The maximum Gasteiger partial charge on any atom is 0.433 e. The molecule has 0 spiro atoms. The minimum atomic E-state index is -0.792. The summed E-state index contributed by atoms with van der Waals surface area (Å²) in [5, 5.41) is 14.5. The smallest absolute Gasteiger partial charge is 0.402 e. The van der Waals surface area contributed by atoms with E-state index in [-0.39, 0.29) is 11.7 Å². The molecule has 0 radical (unpaired) electrons. The molecule has 2 aromatic heterocycles. The first-order valence-electron chi connectivity index (χ1n) is 7.59. The Balaban J connectivity index is 1.84. The molecule has 1 aromatic carbocycles. The van der Waals surface area contributed by atoms with E-state index in [1.54, 1.807) is 36.4 Å². The number of hydrogen-bond donors (Lipinski definition) is 1. The summed E-state index contributed by atoms with van der Waals surface area (Å²) in [6.45, 7) is 0. The van der Waals surface area contributed by atoms with Gasteiger partial charge in [0.1, 0.15) is 10.7 Å². The number of pyridine rings is 1. The first kappa shape index (κ1) is 16.1. The van der Waals surface area contributed by atoms with Gasteiger partial charge in [-0.3, -0.25) is 19.8 Å². The quantitative estimate of drug-likeness (QED) is 0.552. The number of hydrogen-bond acceptors (Lipinski definition) is 6. The van der Waals surface area contributed by atoms with Gasteiger partial charge in [0.05, 0.1) is 16.7 Å². The Hall–Kier alpha value is -3.39. The average Bonchev–Trinajstić information content (AvgIpc) is 3.13. The van der Waals surface area contributed by atoms with E-state index >= 15 is 0 Å². The van der Waals surface area contributed by atoms with Gasteiger partial charge in [0.25, 0.3) is 5.91 Å². The van der Waals surface area contributed by atoms with Crippen LogP contribution < -0.4 is 10.2 Å². The minimum Gasteiger partial charge on any atom is -0.402 e. The van der Waals surface area contributed by atoms with Crippen molar-refractivity contribution in [1.82, 2.24) is 4.98 Å². The maximum atomic E-state index is 13.1. The summed E-state index contributed by atoms with van der Waals surface area (Å²) in [5.74, 6) is -0.155. The van der Waals surface area contributed by atoms with Gasteiger partial charge in [-0.25, -0.2) is 4.98 Å². The minimum absolute atomic E-state index is 0.219. The van der Waals surface area contributed by atoms with Crippen molar-refractivity contribution >= 4 is 34.9 Å². The molecule has 1 amide bonds. The van der Waals surface area contributed by atoms with Crippen LogP contribution in [0.25, 0.3) is 0 Å². The van der Waals surface area contributed by atoms with Crippen molar-refractivity contribution in [3.05, 3.63) is 81.2 Å². The Morgan fingerprint density at radius 1 is 1.19 bits per heavy atom. The highest BCUT2D eigenvalue weighted by molar-refractivity contribution is 6.30. The van der Waals surface area contributed by atoms with E-state index in [1.165, 1.54) is 23.2 Å². The van der Waals surface area contributed by atoms with Gasteiger partial charge < -0.3 is 9.73 Å². The summed E-state index contributed by atoms with van der Waals surface area (Å²) in [5.41, 5.74) is 1.06. The number of nitro groups is 1. The average molecular weight is 371 g/mol. The first-order chi connectivity index (χ1) is 12.5. The van der Waals surface area contributed by atoms with E-state index in [0.717, 1.165) is 0 Å². The molecule has 0 saturated heterocycles. The number of rotatable bonds is 3. The highest BCUT2D eigenvalue weighted by Gasteiger charge is 2.37. The molecular weight excluding hydrogens is 360 g/mol. The van der Waals surface area contributed by atoms with Crippen LogP contribution in [0.5, 0.6) is 0 Å². The lowest BCUT2D eigenvalue weighted by Gasteiger charge is -2.35. The van der Waals surface area contributed by atoms with E-state index in [0.29, 0.717) is 22.1 Å². The van der Waals surface area contributed by atoms with Crippen LogP contribution in [0.3, 0.4) is 0 Å². The fourth-order valence-electron chi connectivity index (χ4n) is 2.79. The van der Waals surface area contributed by atoms with Crippen LogP contribution in [-0.4, -0.2) is 15.8 Å². The van der Waals surface area contributed by atoms with E-state index in [1.807, 2.05) is 0 Å². The highest BCUT2D eigenvalue weighted by atomic mass is 35.5. The molecule has 130 valence electrons. The van der Waals surface area contributed by atoms with E-state index in [2.05, 4.69) is 10.3 Å². The normalized spacial score (nSPS) is 16.1. The van der Waals surface area contributed by atoms with Crippen molar-refractivity contribution in [1.29, 1.82) is 0 Å². The molecule has 3 heterocycles. The molecular formula is C17H11ClN4O4. The number of carbonyl (C=O) groups is 1. The number of halogens is 1. The van der Waals surface area contributed by atoms with Gasteiger partial charge in [0, 0.05) is 11.9 Å². The Morgan fingerprint density at radius 2 is 2.00 bits per heavy atom. The van der Waals surface area contributed by atoms with Crippen molar-refractivity contribution in [3.63, 3.8) is 0 Å². The van der Waals surface area contributed by atoms with Crippen LogP contribution >= 0.6 is 11.6 Å². The third-order valence-corrected chi connectivity index (χ3v) is 4.17. The van der Waals surface area contributed by atoms with Gasteiger partial charge >= 0.3 is 5.88 Å². The Bertz CT molecular complexity index is 1000. The summed E-state index contributed by atoms with van der Waals surface area (Å²) in [6, 6.07) is 12.9. The topological polar surface area (TPSA) is 102 Å². The summed E-state index contributed by atoms with van der Waals surface area (Å²) in [7, 11) is 0. The lowest BCUT2D eigenvalue weighted by Crippen LogP contribution is -2.43. The molecule has 1 unspecified atom stereocenters. The third kappa shape index (κ3) is 2.66. The van der Waals surface area contributed by atoms with Gasteiger partial charge in [-0.2, -0.15) is 0 Å². The summed E-state index contributed by atoms with van der Waals surface area (Å²) in [4.78, 5) is 28.9. The first-order valence-corrected chi connectivity index (χ1v) is 7.97. The molecule has 0 aliphatic carbocycles. The van der Waals surface area contributed by atoms with Gasteiger partial charge in [0.15, 0.2) is 11.9 Å². The van der Waals surface area contributed by atoms with Crippen molar-refractivity contribution in [2.75, 3.05) is 10.2 Å². The largest absolute Gasteiger partial charge is 0.433 e. The van der Waals surface area contributed by atoms with Gasteiger partial charge in [-0.1, -0.05) is 23.7 Å². The third-order valence-electron chi connectivity index (χ3n) is 3.95. The van der Waals surface area contributed by atoms with Crippen molar-refractivity contribution < 1.29 is 14.1 Å². The van der Waals surface area contributed by atoms with Gasteiger partial charge in [0.2, 0.25) is 0 Å². The Labute approximate surface area is 152 Å². The molecule has 3 aromatic rings. The second-order valence-electron chi connectivity index (χ2n) is 5.54. The summed E-state index contributed by atoms with van der Waals surface area (Å²) in [6.07, 6.45) is 0.631. The number of aromatic nitrogens is 1. The Kier molecular flexibility index (Phi) is 3.81. The monoisotopic (exact) mass is 370 g/mol. The molecule has 8 nitrogen and oxygen atoms in total. The molecule has 0 saturated carbocycles. The van der Waals surface area contributed by atoms with E-state index < -0.39 is 17.0 Å². The lowest BCUT2D eigenvalue weighted by molar-refractivity contribution is -0.402. The van der Waals surface area contributed by atoms with Crippen LogP contribution in [0, 0.1) is 10.1 Å². The number of para-hydroxylation sites is 1. The molecule has 4 rings (SSSR count). The second kappa shape index (κ2) is 6.16. The zero-order valence-electron chi connectivity index (χ0n) is 13.1. The fourth-order valence-corrected chi connectivity index (χ4v) is 2.90. The molecule has 26 heavy (non-hydrogen) atoms. The predicted molar refractivity (Wildman–Crippen MR) is 94.2 cm³/mol. The standard InChI is InChI=1S/C17H11ClN4O4/c18-10-5-7-14(19-9-10)21-16(13-6-8-15(26-13)22(24)25)20-12-4-2-1-3-11(12)17(21)23/h1-9,16,20H. The summed E-state index contributed by atoms with van der Waals surface area (Å²) < 4.78 is 5.31. The zero-order valence-corrected chi connectivity index (χ0v) is 13.9. The number of benzene rings is 1. The van der Waals surface area contributed by atoms with E-state index in [9.17, 15) is 14.9 Å². The van der Waals surface area contributed by atoms with Crippen LogP contribution in [0.1, 0.15) is 22.3 Å². The second-order valence-corrected chi connectivity index (χ2v) is 5.97. The molecule has 0 fully saturated rings. The van der Waals surface area contributed by atoms with Crippen LogP contribution in [0.15, 0.2) is 59.1 Å². The van der Waals surface area contributed by atoms with Gasteiger partial charge in [-0.05, 0) is 30.3 Å². The highest BCUT2D eigenvalue weighted by Crippen LogP contribution is 2.37. The van der Waals surface area contributed by atoms with Crippen LogP contribution in [0.4, 0.5) is 17.4 Å². The Morgan fingerprint density at radius 3 is 2.69 bits per heavy atom. The van der Waals surface area contributed by atoms with Crippen molar-refractivity contribution in [3.8, 4) is 0 Å². The number of anilines is 2. The zero-order chi connectivity index (χ0) is 18.3. The maximum absolute atomic E-state index is 13.1. The van der Waals surface area contributed by atoms with Crippen LogP contribution in [0.2, 0.25) is 5.02 Å². The molecule has 1 atom stereocenters. The number of nitrogens with zero attached hydrogens (tertiary/aromatic N) is 3. The SMILES string of the molecule is O=C1c2ccccc2NC(c2ccc([N+](=O)[O-])o2)N1c1ccc(Cl)cn1. The van der Waals surface area contributed by atoms with Gasteiger partial charge in [-0.15, -0.1) is 0 Å². The number of fused-ring (bicyclic) bond motifs is 1. The van der Waals surface area contributed by atoms with Crippen LogP contribution in [-0.2, 0) is 0 Å². The predicted octanol–water partition coefficient (Wildman–Crippen LogP) is 4.01. The van der Waals surface area contributed by atoms with E-state index in [4.69, 9.17) is 16.0 Å². The lowest BCUT2D eigenvalue weighted by atomic mass is 10.1. The summed E-state index contributed by atoms with van der Waals surface area (Å²) >= 11 is 5.88.